The Bertz CT molecular complexity index is 1030. The lowest BCUT2D eigenvalue weighted by Gasteiger charge is -2.38. The molecule has 1 radical (unpaired) electrons. The lowest BCUT2D eigenvalue weighted by molar-refractivity contribution is 0.329. The first-order chi connectivity index (χ1) is 16.9. The fraction of sp³-hybridized carbons (Fsp3) is 0.643. The molecule has 0 N–H and O–H groups in total. The smallest absolute Gasteiger partial charge is 0.251 e. The Balaban J connectivity index is 2.54. The van der Waals surface area contributed by atoms with Gasteiger partial charge in [-0.25, -0.2) is 22.0 Å². The van der Waals surface area contributed by atoms with Gasteiger partial charge >= 0.3 is 0 Å². The van der Waals surface area contributed by atoms with E-state index in [-0.39, 0.29) is 5.41 Å². The normalized spacial score (nSPS) is 13.9. The van der Waals surface area contributed by atoms with Crippen LogP contribution in [-0.4, -0.2) is 8.32 Å². The second-order valence-corrected chi connectivity index (χ2v) is 14.8. The largest absolute Gasteiger partial charge is 0.539 e. The van der Waals surface area contributed by atoms with Crippen molar-refractivity contribution in [3.63, 3.8) is 0 Å². The molecule has 36 heavy (non-hydrogen) atoms. The lowest BCUT2D eigenvalue weighted by atomic mass is 9.89. The Kier molecular flexibility index (Phi) is 11.2. The maximum atomic E-state index is 15.5. The van der Waals surface area contributed by atoms with E-state index in [1.165, 1.54) is 6.07 Å². The highest BCUT2D eigenvalue weighted by molar-refractivity contribution is 6.74. The molecule has 1 atom stereocenters. The summed E-state index contributed by atoms with van der Waals surface area (Å²) >= 11 is 0. The monoisotopic (exact) mass is 533 g/mol. The Morgan fingerprint density at radius 3 is 1.89 bits per heavy atom. The van der Waals surface area contributed by atoms with Gasteiger partial charge in [-0.2, -0.15) is 4.39 Å². The van der Waals surface area contributed by atoms with Crippen molar-refractivity contribution < 1.29 is 30.8 Å². The molecule has 203 valence electrons. The lowest BCUT2D eigenvalue weighted by Crippen LogP contribution is -2.45. The molecule has 0 saturated carbocycles. The van der Waals surface area contributed by atoms with Crippen LogP contribution < -0.4 is 4.43 Å². The molecule has 0 aliphatic rings. The second-order valence-electron chi connectivity index (χ2n) is 10.7. The quantitative estimate of drug-likeness (QED) is 0.0957. The molecule has 0 aliphatic heterocycles. The van der Waals surface area contributed by atoms with Gasteiger partial charge < -0.3 is 4.43 Å². The van der Waals surface area contributed by atoms with E-state index in [1.807, 2.05) is 6.92 Å². The molecule has 1 nitrogen and oxygen atoms in total. The standard InChI is InChI=1S/C28H39F6OSi/c1-6-9-11-13-15-28(4,5)18-36(8-3,16-14-12-10-7-2)35-27-25(33)21-19(29)17-20(30)23(31)22(21)24(32)26(27)34/h6-16,18H2,1-5H3. The minimum absolute atomic E-state index is 0.183. The van der Waals surface area contributed by atoms with Crippen LogP contribution in [0.4, 0.5) is 26.3 Å². The predicted molar refractivity (Wildman–Crippen MR) is 136 cm³/mol. The number of hydrogen-bond acceptors (Lipinski definition) is 1. The Hall–Kier alpha value is -1.70. The van der Waals surface area contributed by atoms with E-state index < -0.39 is 59.7 Å². The molecule has 0 heterocycles. The molecule has 2 rings (SSSR count). The van der Waals surface area contributed by atoms with Crippen LogP contribution in [0.3, 0.4) is 0 Å². The second kappa shape index (κ2) is 13.2. The highest BCUT2D eigenvalue weighted by Gasteiger charge is 2.42. The summed E-state index contributed by atoms with van der Waals surface area (Å²) in [6, 6.07) is 3.11. The molecular weight excluding hydrogens is 494 g/mol. The first-order valence-electron chi connectivity index (χ1n) is 13.2. The maximum absolute atomic E-state index is 15.5. The molecule has 0 spiro atoms. The van der Waals surface area contributed by atoms with Crippen LogP contribution >= 0.6 is 0 Å². The zero-order valence-electron chi connectivity index (χ0n) is 22.2. The Morgan fingerprint density at radius 2 is 1.31 bits per heavy atom. The van der Waals surface area contributed by atoms with Crippen molar-refractivity contribution in [1.29, 1.82) is 0 Å². The average molecular weight is 534 g/mol. The van der Waals surface area contributed by atoms with Gasteiger partial charge in [-0.3, -0.25) is 0 Å². The van der Waals surface area contributed by atoms with E-state index in [0.29, 0.717) is 18.1 Å². The van der Waals surface area contributed by atoms with Crippen LogP contribution in [0.15, 0.2) is 0 Å². The minimum Gasteiger partial charge on any atom is -0.539 e. The van der Waals surface area contributed by atoms with Gasteiger partial charge in [0, 0.05) is 0 Å². The predicted octanol–water partition coefficient (Wildman–Crippen LogP) is 10.4. The molecule has 0 fully saturated rings. The maximum Gasteiger partial charge on any atom is 0.251 e. The van der Waals surface area contributed by atoms with Crippen molar-refractivity contribution in [1.82, 2.24) is 0 Å². The minimum atomic E-state index is -2.93. The van der Waals surface area contributed by atoms with Gasteiger partial charge in [0.2, 0.25) is 5.82 Å². The van der Waals surface area contributed by atoms with Crippen LogP contribution in [0.2, 0.25) is 18.1 Å². The first kappa shape index (κ1) is 30.5. The summed E-state index contributed by atoms with van der Waals surface area (Å²) in [5, 5.41) is -2.60. The van der Waals surface area contributed by atoms with Gasteiger partial charge in [-0.05, 0) is 30.0 Å². The summed E-state index contributed by atoms with van der Waals surface area (Å²) in [6.45, 7) is 10.3. The van der Waals surface area contributed by atoms with Crippen molar-refractivity contribution >= 4 is 19.1 Å². The molecule has 0 saturated heterocycles. The number of rotatable bonds is 15. The van der Waals surface area contributed by atoms with Crippen molar-refractivity contribution in [2.45, 2.75) is 111 Å². The summed E-state index contributed by atoms with van der Waals surface area (Å²) < 4.78 is 93.8. The van der Waals surface area contributed by atoms with Crippen LogP contribution in [0, 0.1) is 46.4 Å². The van der Waals surface area contributed by atoms with Gasteiger partial charge in [0.25, 0.3) is 8.32 Å². The molecule has 2 aromatic rings. The van der Waals surface area contributed by atoms with Crippen LogP contribution in [0.1, 0.15) is 92.4 Å². The highest BCUT2D eigenvalue weighted by atomic mass is 28.4. The molecule has 0 amide bonds. The fourth-order valence-corrected chi connectivity index (χ4v) is 9.62. The van der Waals surface area contributed by atoms with Crippen molar-refractivity contribution in [2.75, 3.05) is 0 Å². The number of benzene rings is 2. The summed E-state index contributed by atoms with van der Waals surface area (Å²) in [4.78, 5) is 0. The Labute approximate surface area is 212 Å². The van der Waals surface area contributed by atoms with E-state index in [0.717, 1.165) is 57.8 Å². The third-order valence-corrected chi connectivity index (χ3v) is 11.9. The summed E-state index contributed by atoms with van der Waals surface area (Å²) in [6.07, 6.45) is 9.00. The van der Waals surface area contributed by atoms with Crippen LogP contribution in [0.5, 0.6) is 5.75 Å². The van der Waals surface area contributed by atoms with Gasteiger partial charge in [0.1, 0.15) is 5.82 Å². The zero-order chi connectivity index (χ0) is 27.1. The number of unbranched alkanes of at least 4 members (excludes halogenated alkanes) is 6. The number of hydrogen-bond donors (Lipinski definition) is 0. The molecule has 8 heteroatoms. The third kappa shape index (κ3) is 7.20. The SMILES string of the molecule is CCCCCCC(C)(C)C[Si](CC)(CCCCCC)Oc1c(F)c(F)c2c(F)c(F)[c]c(F)c2c1F. The topological polar surface area (TPSA) is 9.23 Å². The third-order valence-electron chi connectivity index (χ3n) is 7.09. The molecule has 0 bridgehead atoms. The van der Waals surface area contributed by atoms with E-state index >= 15 is 8.78 Å². The van der Waals surface area contributed by atoms with Crippen molar-refractivity contribution in [3.8, 4) is 5.75 Å². The summed E-state index contributed by atoms with van der Waals surface area (Å²) in [5.74, 6) is -11.6. The number of fused-ring (bicyclic) bond motifs is 1. The molecular formula is C28H39F6OSi. The Morgan fingerprint density at radius 1 is 0.694 bits per heavy atom. The van der Waals surface area contributed by atoms with E-state index in [9.17, 15) is 17.6 Å². The van der Waals surface area contributed by atoms with Crippen molar-refractivity contribution in [3.05, 3.63) is 41.0 Å². The van der Waals surface area contributed by atoms with E-state index in [1.54, 1.807) is 0 Å². The fourth-order valence-electron chi connectivity index (χ4n) is 5.09. The molecule has 0 aliphatic carbocycles. The molecule has 2 aromatic carbocycles. The van der Waals surface area contributed by atoms with Gasteiger partial charge in [0.15, 0.2) is 29.0 Å². The molecule has 0 aromatic heterocycles. The van der Waals surface area contributed by atoms with Crippen LogP contribution in [-0.2, 0) is 0 Å². The van der Waals surface area contributed by atoms with Gasteiger partial charge in [-0.15, -0.1) is 0 Å². The zero-order valence-corrected chi connectivity index (χ0v) is 23.2. The molecule has 1 unspecified atom stereocenters. The first-order valence-corrected chi connectivity index (χ1v) is 15.7. The van der Waals surface area contributed by atoms with E-state index in [4.69, 9.17) is 4.43 Å². The van der Waals surface area contributed by atoms with E-state index in [2.05, 4.69) is 27.7 Å². The average Bonchev–Trinajstić information content (AvgIpc) is 2.82. The van der Waals surface area contributed by atoms with Gasteiger partial charge in [0.05, 0.1) is 16.8 Å². The van der Waals surface area contributed by atoms with Crippen molar-refractivity contribution in [2.24, 2.45) is 5.41 Å². The van der Waals surface area contributed by atoms with Gasteiger partial charge in [-0.1, -0.05) is 86.0 Å². The summed E-state index contributed by atoms with van der Waals surface area (Å²) in [7, 11) is -2.93. The van der Waals surface area contributed by atoms with Crippen LogP contribution in [0.25, 0.3) is 10.8 Å². The summed E-state index contributed by atoms with van der Waals surface area (Å²) in [5.41, 5.74) is -0.183. The highest BCUT2D eigenvalue weighted by Crippen LogP contribution is 2.43. The number of halogens is 6.